The van der Waals surface area contributed by atoms with Gasteiger partial charge in [-0.15, -0.1) is 0 Å². The minimum absolute atomic E-state index is 0.0661. The highest BCUT2D eigenvalue weighted by molar-refractivity contribution is 5.84. The number of carbonyl (C=O) groups is 4. The molecule has 2 aliphatic heterocycles. The van der Waals surface area contributed by atoms with Crippen LogP contribution in [0.3, 0.4) is 0 Å². The van der Waals surface area contributed by atoms with E-state index in [9.17, 15) is 19.2 Å². The summed E-state index contributed by atoms with van der Waals surface area (Å²) in [7, 11) is 2.66. The third-order valence-electron chi connectivity index (χ3n) is 11.9. The Bertz CT molecular complexity index is 2250. The first-order valence-corrected chi connectivity index (χ1v) is 20.0. The first kappa shape index (κ1) is 37.8. The smallest absolute Gasteiger partial charge is 0.410 e. The van der Waals surface area contributed by atoms with Crippen molar-refractivity contribution in [3.8, 4) is 23.1 Å². The van der Waals surface area contributed by atoms with Gasteiger partial charge in [0, 0.05) is 36.5 Å². The number of alkyl carbamates (subject to hydrolysis) is 2. The summed E-state index contributed by atoms with van der Waals surface area (Å²) < 4.78 is 9.47. The zero-order valence-electron chi connectivity index (χ0n) is 32.3. The fourth-order valence-corrected chi connectivity index (χ4v) is 9.01. The maximum absolute atomic E-state index is 13.8. The normalized spacial score (nSPS) is 23.8. The molecule has 2 saturated carbocycles. The molecule has 5 atom stereocenters. The van der Waals surface area contributed by atoms with Crippen LogP contribution in [0.15, 0.2) is 60.4 Å². The summed E-state index contributed by atoms with van der Waals surface area (Å²) in [4.78, 5) is 71.3. The third-order valence-corrected chi connectivity index (χ3v) is 11.9. The highest BCUT2D eigenvalue weighted by Gasteiger charge is 2.42. The maximum Gasteiger partial charge on any atom is 0.410 e. The van der Waals surface area contributed by atoms with Crippen molar-refractivity contribution in [2.24, 2.45) is 11.8 Å². The van der Waals surface area contributed by atoms with Crippen LogP contribution in [0.2, 0.25) is 0 Å². The molecule has 57 heavy (non-hydrogen) atoms. The number of methoxy groups -OCH3 is 2. The summed E-state index contributed by atoms with van der Waals surface area (Å²) in [5.41, 5.74) is 6.18. The minimum Gasteiger partial charge on any atom is -0.453 e. The summed E-state index contributed by atoms with van der Waals surface area (Å²) in [6.45, 7) is 1.34. The average molecular weight is 773 g/mol. The van der Waals surface area contributed by atoms with E-state index in [0.29, 0.717) is 13.1 Å². The Hall–Kier alpha value is -6.10. The lowest BCUT2D eigenvalue weighted by atomic mass is 10.0. The standard InChI is InChI=1S/C43H48N8O6/c1-56-42(54)45-24-29-7-3-8-30(29)40(52)51-22-6-12-37(51)39-46-33-20-17-27(23-34(33)47-39)14-13-26-15-18-28(19-16-26)35-25-44-38(48-35)36-11-5-21-50(36)41(53)31-9-4-10-32(31)49-43(55)57-2/h15-20,23-25,30-32,36-37H,3-12,21-22H2,1-2H3,(H,44,48)(H,45,54)(H,46,47)(H,49,55)/b29-24+. The van der Waals surface area contributed by atoms with Crippen LogP contribution >= 0.6 is 0 Å². The minimum atomic E-state index is -0.543. The second kappa shape index (κ2) is 16.6. The number of imidazole rings is 2. The first-order chi connectivity index (χ1) is 27.8. The Labute approximate surface area is 331 Å². The molecule has 2 saturated heterocycles. The van der Waals surface area contributed by atoms with Gasteiger partial charge in [0.15, 0.2) is 0 Å². The van der Waals surface area contributed by atoms with Gasteiger partial charge < -0.3 is 34.6 Å². The molecule has 2 aromatic carbocycles. The first-order valence-electron chi connectivity index (χ1n) is 20.0. The van der Waals surface area contributed by atoms with Crippen LogP contribution in [0.1, 0.15) is 99.1 Å². The van der Waals surface area contributed by atoms with Crippen LogP contribution in [-0.4, -0.2) is 87.1 Å². The molecule has 4 aromatic rings. The van der Waals surface area contributed by atoms with E-state index in [1.165, 1.54) is 14.2 Å². The molecule has 14 nitrogen and oxygen atoms in total. The Balaban J connectivity index is 0.910. The van der Waals surface area contributed by atoms with E-state index < -0.39 is 12.2 Å². The molecule has 4 amide bonds. The van der Waals surface area contributed by atoms with Crippen molar-refractivity contribution >= 4 is 35.0 Å². The quantitative estimate of drug-likeness (QED) is 0.160. The molecule has 0 bridgehead atoms. The van der Waals surface area contributed by atoms with E-state index in [0.717, 1.165) is 115 Å². The lowest BCUT2D eigenvalue weighted by Crippen LogP contribution is -2.45. The van der Waals surface area contributed by atoms with Gasteiger partial charge in [-0.2, -0.15) is 0 Å². The molecule has 4 aliphatic rings. The number of rotatable bonds is 7. The van der Waals surface area contributed by atoms with Gasteiger partial charge in [0.1, 0.15) is 11.6 Å². The molecule has 8 rings (SSSR count). The number of hydrogen-bond acceptors (Lipinski definition) is 8. The van der Waals surface area contributed by atoms with Crippen LogP contribution in [-0.2, 0) is 19.1 Å². The van der Waals surface area contributed by atoms with Gasteiger partial charge in [0.2, 0.25) is 11.8 Å². The molecule has 5 unspecified atom stereocenters. The Morgan fingerprint density at radius 3 is 2.28 bits per heavy atom. The number of nitrogens with zero attached hydrogens (tertiary/aromatic N) is 4. The van der Waals surface area contributed by atoms with Crippen molar-refractivity contribution in [2.75, 3.05) is 27.3 Å². The van der Waals surface area contributed by atoms with Crippen LogP contribution in [0, 0.1) is 23.7 Å². The SMILES string of the molecule is COC(=O)N/C=C1\CCCC1C(=O)N1CCCC1c1nc2ccc(C#Cc3ccc(-c4cnc(C5CCCN5C(=O)C5CCCC5NC(=O)OC)[nH]4)cc3)cc2[nH]1. The molecule has 296 valence electrons. The number of carbonyl (C=O) groups excluding carboxylic acids is 4. The molecular formula is C43H48N8O6. The average Bonchev–Trinajstić information content (AvgIpc) is 4.09. The number of amides is 4. The van der Waals surface area contributed by atoms with E-state index in [-0.39, 0.29) is 41.8 Å². The lowest BCUT2D eigenvalue weighted by Gasteiger charge is -2.29. The van der Waals surface area contributed by atoms with E-state index in [2.05, 4.69) is 37.2 Å². The second-order valence-electron chi connectivity index (χ2n) is 15.3. The summed E-state index contributed by atoms with van der Waals surface area (Å²) in [6, 6.07) is 13.4. The van der Waals surface area contributed by atoms with Crippen molar-refractivity contribution in [3.05, 3.63) is 83.2 Å². The van der Waals surface area contributed by atoms with Crippen LogP contribution in [0.25, 0.3) is 22.3 Å². The maximum atomic E-state index is 13.8. The number of aromatic nitrogens is 4. The summed E-state index contributed by atoms with van der Waals surface area (Å²) in [5, 5.41) is 5.48. The highest BCUT2D eigenvalue weighted by atomic mass is 16.5. The third kappa shape index (κ3) is 7.96. The number of benzene rings is 2. The Kier molecular flexibility index (Phi) is 11.0. The molecule has 0 spiro atoms. The fraction of sp³-hybridized carbons (Fsp3) is 0.442. The van der Waals surface area contributed by atoms with Crippen molar-refractivity contribution in [1.29, 1.82) is 0 Å². The Morgan fingerprint density at radius 1 is 0.789 bits per heavy atom. The number of ether oxygens (including phenoxy) is 2. The zero-order valence-corrected chi connectivity index (χ0v) is 32.3. The van der Waals surface area contributed by atoms with Crippen LogP contribution < -0.4 is 10.6 Å². The number of nitrogens with one attached hydrogen (secondary N) is 4. The summed E-state index contributed by atoms with van der Waals surface area (Å²) in [5.74, 6) is 7.74. The molecule has 4 N–H and O–H groups in total. The topological polar surface area (TPSA) is 175 Å². The van der Waals surface area contributed by atoms with Crippen molar-refractivity contribution < 1.29 is 28.7 Å². The van der Waals surface area contributed by atoms with Gasteiger partial charge in [0.05, 0.1) is 61.1 Å². The van der Waals surface area contributed by atoms with Crippen molar-refractivity contribution in [3.63, 3.8) is 0 Å². The Morgan fingerprint density at radius 2 is 1.51 bits per heavy atom. The van der Waals surface area contributed by atoms with E-state index in [1.54, 1.807) is 6.20 Å². The van der Waals surface area contributed by atoms with Gasteiger partial charge in [-0.1, -0.05) is 30.4 Å². The molecule has 2 aliphatic carbocycles. The van der Waals surface area contributed by atoms with Gasteiger partial charge in [-0.3, -0.25) is 14.9 Å². The van der Waals surface area contributed by atoms with E-state index >= 15 is 0 Å². The fourth-order valence-electron chi connectivity index (χ4n) is 9.01. The number of hydrogen-bond donors (Lipinski definition) is 4. The van der Waals surface area contributed by atoms with Crippen LogP contribution in [0.5, 0.6) is 0 Å². The molecular weight excluding hydrogens is 725 g/mol. The number of aromatic amines is 2. The molecule has 4 heterocycles. The largest absolute Gasteiger partial charge is 0.453 e. The van der Waals surface area contributed by atoms with Gasteiger partial charge in [-0.05, 0) is 99.3 Å². The zero-order chi connectivity index (χ0) is 39.5. The van der Waals surface area contributed by atoms with Gasteiger partial charge >= 0.3 is 12.2 Å². The molecule has 0 radical (unpaired) electrons. The predicted octanol–water partition coefficient (Wildman–Crippen LogP) is 6.24. The van der Waals surface area contributed by atoms with Gasteiger partial charge in [0.25, 0.3) is 0 Å². The van der Waals surface area contributed by atoms with E-state index in [4.69, 9.17) is 14.7 Å². The van der Waals surface area contributed by atoms with Gasteiger partial charge in [-0.25, -0.2) is 19.6 Å². The highest BCUT2D eigenvalue weighted by Crippen LogP contribution is 2.39. The number of fused-ring (bicyclic) bond motifs is 1. The van der Waals surface area contributed by atoms with E-state index in [1.807, 2.05) is 58.5 Å². The lowest BCUT2D eigenvalue weighted by molar-refractivity contribution is -0.137. The van der Waals surface area contributed by atoms with Crippen LogP contribution in [0.4, 0.5) is 9.59 Å². The summed E-state index contributed by atoms with van der Waals surface area (Å²) >= 11 is 0. The molecule has 4 fully saturated rings. The number of H-pyrrole nitrogens is 2. The summed E-state index contributed by atoms with van der Waals surface area (Å²) in [6.07, 6.45) is 10.7. The molecule has 2 aromatic heterocycles. The monoisotopic (exact) mass is 772 g/mol. The van der Waals surface area contributed by atoms with Crippen molar-refractivity contribution in [2.45, 2.75) is 82.3 Å². The number of likely N-dealkylation sites (tertiary alicyclic amines) is 2. The second-order valence-corrected chi connectivity index (χ2v) is 15.3. The predicted molar refractivity (Wildman–Crippen MR) is 211 cm³/mol. The molecule has 14 heteroatoms. The van der Waals surface area contributed by atoms with Crippen molar-refractivity contribution in [1.82, 2.24) is 40.4 Å².